The van der Waals surface area contributed by atoms with Gasteiger partial charge in [-0.25, -0.2) is 4.39 Å². The number of aliphatic hydroxyl groups excluding tert-OH is 1. The number of hydrogen-bond acceptors (Lipinski definition) is 2. The lowest BCUT2D eigenvalue weighted by Crippen LogP contribution is -2.29. The highest BCUT2D eigenvalue weighted by molar-refractivity contribution is 5.39. The van der Waals surface area contributed by atoms with Gasteiger partial charge in [0.15, 0.2) is 0 Å². The smallest absolute Gasteiger partial charge is 0.130 e. The van der Waals surface area contributed by atoms with Crippen molar-refractivity contribution in [2.24, 2.45) is 0 Å². The quantitative estimate of drug-likeness (QED) is 0.661. The van der Waals surface area contributed by atoms with Crippen molar-refractivity contribution in [2.75, 3.05) is 6.61 Å². The summed E-state index contributed by atoms with van der Waals surface area (Å²) in [6.45, 7) is 2.05. The largest absolute Gasteiger partial charge is 0.490 e. The maximum atomic E-state index is 13.3. The summed E-state index contributed by atoms with van der Waals surface area (Å²) in [6.07, 6.45) is -0.607. The summed E-state index contributed by atoms with van der Waals surface area (Å²) in [5.41, 5.74) is 0.487. The molecule has 0 aliphatic carbocycles. The molecule has 0 fully saturated rings. The maximum Gasteiger partial charge on any atom is 0.130 e. The highest BCUT2D eigenvalue weighted by Crippen LogP contribution is 2.34. The zero-order valence-corrected chi connectivity index (χ0v) is 7.33. The molecule has 0 amide bonds. The first-order valence-corrected chi connectivity index (χ1v) is 4.29. The summed E-state index contributed by atoms with van der Waals surface area (Å²) in [7, 11) is 0. The van der Waals surface area contributed by atoms with E-state index in [4.69, 9.17) is 4.74 Å². The van der Waals surface area contributed by atoms with Crippen LogP contribution in [0.25, 0.3) is 0 Å². The van der Waals surface area contributed by atoms with E-state index in [0.29, 0.717) is 11.3 Å². The predicted octanol–water partition coefficient (Wildman–Crippen LogP) is 1.68. The summed E-state index contributed by atoms with van der Waals surface area (Å²) in [6, 6.07) is 4.72. The van der Waals surface area contributed by atoms with Gasteiger partial charge in [0.2, 0.25) is 0 Å². The molecule has 13 heavy (non-hydrogen) atoms. The van der Waals surface area contributed by atoms with E-state index in [2.05, 4.69) is 0 Å². The Morgan fingerprint density at radius 3 is 3.08 bits per heavy atom. The van der Waals surface area contributed by atoms with Crippen LogP contribution in [0.5, 0.6) is 5.75 Å². The van der Waals surface area contributed by atoms with Crippen molar-refractivity contribution in [3.63, 3.8) is 0 Å². The van der Waals surface area contributed by atoms with Gasteiger partial charge in [0, 0.05) is 11.5 Å². The van der Waals surface area contributed by atoms with Crippen molar-refractivity contribution in [1.29, 1.82) is 0 Å². The Labute approximate surface area is 76.0 Å². The highest BCUT2D eigenvalue weighted by atomic mass is 19.1. The first-order chi connectivity index (χ1) is 6.20. The zero-order valence-electron chi connectivity index (χ0n) is 7.33. The second kappa shape index (κ2) is 3.00. The minimum absolute atomic E-state index is 0.190. The molecule has 0 unspecified atom stereocenters. The molecule has 2 nitrogen and oxygen atoms in total. The molecule has 3 heteroatoms. The molecule has 0 saturated carbocycles. The van der Waals surface area contributed by atoms with E-state index < -0.39 is 6.10 Å². The number of ether oxygens (including phenoxy) is 1. The molecule has 0 bridgehead atoms. The summed E-state index contributed by atoms with van der Waals surface area (Å²) in [5.74, 6) is 0.0616. The van der Waals surface area contributed by atoms with Gasteiger partial charge in [0.25, 0.3) is 0 Å². The fourth-order valence-corrected chi connectivity index (χ4v) is 1.60. The molecule has 0 radical (unpaired) electrons. The van der Waals surface area contributed by atoms with Crippen LogP contribution in [-0.4, -0.2) is 17.8 Å². The van der Waals surface area contributed by atoms with Gasteiger partial charge in [0.05, 0.1) is 6.10 Å². The molecular formula is C10H11FO2. The van der Waals surface area contributed by atoms with Crippen LogP contribution in [0.2, 0.25) is 0 Å². The van der Waals surface area contributed by atoms with Gasteiger partial charge in [0.1, 0.15) is 18.2 Å². The molecule has 0 aromatic heterocycles. The fourth-order valence-electron chi connectivity index (χ4n) is 1.60. The zero-order chi connectivity index (χ0) is 9.42. The number of rotatable bonds is 0. The van der Waals surface area contributed by atoms with Crippen molar-refractivity contribution in [2.45, 2.75) is 18.9 Å². The minimum Gasteiger partial charge on any atom is -0.490 e. The third-order valence-corrected chi connectivity index (χ3v) is 2.46. The minimum atomic E-state index is -0.607. The van der Waals surface area contributed by atoms with Crippen LogP contribution in [0.15, 0.2) is 18.2 Å². The standard InChI is InChI=1S/C10H11FO2/c1-6-8(12)5-13-9-4-2-3-7(11)10(6)9/h2-4,6,8,12H,5H2,1H3/t6-,8-/m0/s1. The first-order valence-electron chi connectivity index (χ1n) is 4.29. The normalized spacial score (nSPS) is 26.4. The lowest BCUT2D eigenvalue weighted by molar-refractivity contribution is 0.0695. The lowest BCUT2D eigenvalue weighted by atomic mass is 9.92. The molecule has 1 heterocycles. The first kappa shape index (κ1) is 8.51. The number of aliphatic hydroxyl groups is 1. The third-order valence-electron chi connectivity index (χ3n) is 2.46. The molecule has 1 aromatic carbocycles. The molecule has 70 valence electrons. The van der Waals surface area contributed by atoms with Gasteiger partial charge >= 0.3 is 0 Å². The van der Waals surface area contributed by atoms with Crippen molar-refractivity contribution in [1.82, 2.24) is 0 Å². The van der Waals surface area contributed by atoms with Crippen molar-refractivity contribution < 1.29 is 14.2 Å². The molecular weight excluding hydrogens is 171 g/mol. The van der Waals surface area contributed by atoms with Crippen LogP contribution in [0.4, 0.5) is 4.39 Å². The Kier molecular flexibility index (Phi) is 1.96. The average Bonchev–Trinajstić information content (AvgIpc) is 2.12. The summed E-state index contributed by atoms with van der Waals surface area (Å²) < 4.78 is 18.5. The van der Waals surface area contributed by atoms with Crippen LogP contribution in [0.3, 0.4) is 0 Å². The lowest BCUT2D eigenvalue weighted by Gasteiger charge is -2.27. The van der Waals surface area contributed by atoms with E-state index in [1.807, 2.05) is 0 Å². The predicted molar refractivity (Wildman–Crippen MR) is 46.3 cm³/mol. The van der Waals surface area contributed by atoms with Crippen LogP contribution in [-0.2, 0) is 0 Å². The summed E-state index contributed by atoms with van der Waals surface area (Å²) in [5, 5.41) is 9.46. The molecule has 2 rings (SSSR count). The van der Waals surface area contributed by atoms with Crippen LogP contribution in [0.1, 0.15) is 18.4 Å². The van der Waals surface area contributed by atoms with E-state index in [1.54, 1.807) is 19.1 Å². The highest BCUT2D eigenvalue weighted by Gasteiger charge is 2.28. The van der Waals surface area contributed by atoms with E-state index >= 15 is 0 Å². The Hall–Kier alpha value is -1.09. The molecule has 0 spiro atoms. The van der Waals surface area contributed by atoms with Gasteiger partial charge in [-0.2, -0.15) is 0 Å². The van der Waals surface area contributed by atoms with E-state index in [9.17, 15) is 9.50 Å². The number of halogens is 1. The fraction of sp³-hybridized carbons (Fsp3) is 0.400. The van der Waals surface area contributed by atoms with E-state index in [1.165, 1.54) is 6.07 Å². The molecule has 1 aliphatic rings. The van der Waals surface area contributed by atoms with Gasteiger partial charge in [-0.05, 0) is 12.1 Å². The SMILES string of the molecule is C[C@@H]1c2c(F)cccc2OC[C@@H]1O. The Bertz CT molecular complexity index is 325. The van der Waals surface area contributed by atoms with Gasteiger partial charge < -0.3 is 9.84 Å². The van der Waals surface area contributed by atoms with Crippen molar-refractivity contribution in [3.05, 3.63) is 29.6 Å². The van der Waals surface area contributed by atoms with Crippen LogP contribution in [0, 0.1) is 5.82 Å². The summed E-state index contributed by atoms with van der Waals surface area (Å²) >= 11 is 0. The second-order valence-corrected chi connectivity index (χ2v) is 3.32. The molecule has 2 atom stereocenters. The average molecular weight is 182 g/mol. The van der Waals surface area contributed by atoms with Gasteiger partial charge in [-0.15, -0.1) is 0 Å². The van der Waals surface area contributed by atoms with E-state index in [-0.39, 0.29) is 18.3 Å². The third kappa shape index (κ3) is 1.29. The topological polar surface area (TPSA) is 29.5 Å². The van der Waals surface area contributed by atoms with Crippen LogP contribution < -0.4 is 4.74 Å². The van der Waals surface area contributed by atoms with Gasteiger partial charge in [-0.1, -0.05) is 13.0 Å². The number of hydrogen-bond donors (Lipinski definition) is 1. The van der Waals surface area contributed by atoms with Crippen molar-refractivity contribution in [3.8, 4) is 5.75 Å². The Morgan fingerprint density at radius 2 is 2.31 bits per heavy atom. The Balaban J connectivity index is 2.51. The monoisotopic (exact) mass is 182 g/mol. The van der Waals surface area contributed by atoms with E-state index in [0.717, 1.165) is 0 Å². The molecule has 0 saturated heterocycles. The number of fused-ring (bicyclic) bond motifs is 1. The van der Waals surface area contributed by atoms with Gasteiger partial charge in [-0.3, -0.25) is 0 Å². The molecule has 1 aliphatic heterocycles. The molecule has 1 N–H and O–H groups in total. The number of benzene rings is 1. The maximum absolute atomic E-state index is 13.3. The summed E-state index contributed by atoms with van der Waals surface area (Å²) in [4.78, 5) is 0. The van der Waals surface area contributed by atoms with Crippen LogP contribution >= 0.6 is 0 Å². The van der Waals surface area contributed by atoms with Crippen molar-refractivity contribution >= 4 is 0 Å². The second-order valence-electron chi connectivity index (χ2n) is 3.32. The Morgan fingerprint density at radius 1 is 1.54 bits per heavy atom. The molecule has 1 aromatic rings.